The van der Waals surface area contributed by atoms with E-state index in [1.165, 1.54) is 0 Å². The highest BCUT2D eigenvalue weighted by molar-refractivity contribution is 5.20. The van der Waals surface area contributed by atoms with Crippen molar-refractivity contribution >= 4 is 0 Å². The first-order valence-corrected chi connectivity index (χ1v) is 4.40. The molecule has 0 saturated heterocycles. The summed E-state index contributed by atoms with van der Waals surface area (Å²) in [5, 5.41) is 0. The molecule has 0 spiro atoms. The third-order valence-corrected chi connectivity index (χ3v) is 1.66. The summed E-state index contributed by atoms with van der Waals surface area (Å²) in [7, 11) is 0. The molecule has 1 rings (SSSR count). The van der Waals surface area contributed by atoms with Crippen molar-refractivity contribution in [2.24, 2.45) is 0 Å². The quantitative estimate of drug-likeness (QED) is 0.653. The molecule has 1 aromatic rings. The van der Waals surface area contributed by atoms with Crippen LogP contribution in [0.4, 0.5) is 0 Å². The molecule has 0 radical (unpaired) electrons. The Bertz CT molecular complexity index is 198. The highest BCUT2D eigenvalue weighted by Gasteiger charge is 1.90. The van der Waals surface area contributed by atoms with Crippen LogP contribution in [-0.2, 0) is 0 Å². The molecular weight excluding hydrogens is 150 g/mol. The number of hydrogen-bond donors (Lipinski definition) is 1. The molecule has 12 heavy (non-hydrogen) atoms. The minimum atomic E-state index is 0.805. The van der Waals surface area contributed by atoms with Crippen LogP contribution in [0.15, 0.2) is 30.3 Å². The fraction of sp³-hybridized carbons (Fsp3) is 0.400. The second-order valence-corrected chi connectivity index (χ2v) is 2.72. The lowest BCUT2D eigenvalue weighted by Crippen LogP contribution is -2.50. The minimum Gasteiger partial charge on any atom is -0.494 e. The van der Waals surface area contributed by atoms with Crippen LogP contribution in [0.1, 0.15) is 12.8 Å². The SMILES string of the molecule is [NH3+]CCCCOc1ccccc1. The first-order chi connectivity index (χ1) is 5.93. The largest absolute Gasteiger partial charge is 0.494 e. The number of benzene rings is 1. The van der Waals surface area contributed by atoms with Gasteiger partial charge in [0, 0.05) is 0 Å². The Morgan fingerprint density at radius 3 is 2.50 bits per heavy atom. The summed E-state index contributed by atoms with van der Waals surface area (Å²) in [5.41, 5.74) is 3.77. The van der Waals surface area contributed by atoms with Crippen LogP contribution in [0.2, 0.25) is 0 Å². The zero-order chi connectivity index (χ0) is 8.65. The highest BCUT2D eigenvalue weighted by Crippen LogP contribution is 2.08. The van der Waals surface area contributed by atoms with Gasteiger partial charge < -0.3 is 10.5 Å². The molecule has 66 valence electrons. The van der Waals surface area contributed by atoms with Gasteiger partial charge in [-0.05, 0) is 25.0 Å². The van der Waals surface area contributed by atoms with Gasteiger partial charge in [-0.2, -0.15) is 0 Å². The summed E-state index contributed by atoms with van der Waals surface area (Å²) in [5.74, 6) is 0.960. The van der Waals surface area contributed by atoms with Gasteiger partial charge in [0.05, 0.1) is 13.2 Å². The van der Waals surface area contributed by atoms with Crippen LogP contribution >= 0.6 is 0 Å². The summed E-state index contributed by atoms with van der Waals surface area (Å²) in [4.78, 5) is 0. The lowest BCUT2D eigenvalue weighted by molar-refractivity contribution is -0.368. The van der Waals surface area contributed by atoms with Gasteiger partial charge in [0.25, 0.3) is 0 Å². The molecule has 0 saturated carbocycles. The van der Waals surface area contributed by atoms with Crippen LogP contribution in [0, 0.1) is 0 Å². The number of hydrogen-bond acceptors (Lipinski definition) is 1. The van der Waals surface area contributed by atoms with E-state index in [1.54, 1.807) is 0 Å². The summed E-state index contributed by atoms with van der Waals surface area (Å²) in [6, 6.07) is 9.91. The Kier molecular flexibility index (Phi) is 4.24. The third kappa shape index (κ3) is 3.39. The summed E-state index contributed by atoms with van der Waals surface area (Å²) in [6.45, 7) is 1.80. The molecule has 0 amide bonds. The molecule has 3 N–H and O–H groups in total. The van der Waals surface area contributed by atoms with E-state index in [9.17, 15) is 0 Å². The average Bonchev–Trinajstić information content (AvgIpc) is 2.14. The van der Waals surface area contributed by atoms with E-state index in [4.69, 9.17) is 4.74 Å². The zero-order valence-electron chi connectivity index (χ0n) is 7.33. The van der Waals surface area contributed by atoms with E-state index >= 15 is 0 Å². The van der Waals surface area contributed by atoms with E-state index in [2.05, 4.69) is 5.73 Å². The molecule has 2 heteroatoms. The molecule has 0 unspecified atom stereocenters. The molecule has 0 aromatic heterocycles. The van der Waals surface area contributed by atoms with Crippen LogP contribution < -0.4 is 10.5 Å². The van der Waals surface area contributed by atoms with Crippen molar-refractivity contribution < 1.29 is 10.5 Å². The van der Waals surface area contributed by atoms with Crippen molar-refractivity contribution in [2.45, 2.75) is 12.8 Å². The van der Waals surface area contributed by atoms with Crippen LogP contribution in [0.3, 0.4) is 0 Å². The Morgan fingerprint density at radius 2 is 1.83 bits per heavy atom. The van der Waals surface area contributed by atoms with Crippen molar-refractivity contribution in [3.8, 4) is 5.75 Å². The monoisotopic (exact) mass is 166 g/mol. The molecule has 1 aromatic carbocycles. The molecule has 2 nitrogen and oxygen atoms in total. The van der Waals surface area contributed by atoms with E-state index in [1.807, 2.05) is 30.3 Å². The Hall–Kier alpha value is -1.02. The highest BCUT2D eigenvalue weighted by atomic mass is 16.5. The molecule has 0 atom stereocenters. The Balaban J connectivity index is 2.16. The second kappa shape index (κ2) is 5.61. The number of rotatable bonds is 5. The van der Waals surface area contributed by atoms with Crippen LogP contribution in [0.25, 0.3) is 0 Å². The second-order valence-electron chi connectivity index (χ2n) is 2.72. The Morgan fingerprint density at radius 1 is 1.08 bits per heavy atom. The maximum absolute atomic E-state index is 5.48. The summed E-state index contributed by atoms with van der Waals surface area (Å²) < 4.78 is 5.48. The van der Waals surface area contributed by atoms with Crippen LogP contribution in [0.5, 0.6) is 5.75 Å². The standard InChI is InChI=1S/C10H15NO/c11-8-4-5-9-12-10-6-2-1-3-7-10/h1-3,6-7H,4-5,8-9,11H2/p+1. The van der Waals surface area contributed by atoms with Gasteiger partial charge in [-0.25, -0.2) is 0 Å². The van der Waals surface area contributed by atoms with Gasteiger partial charge in [0.15, 0.2) is 0 Å². The van der Waals surface area contributed by atoms with Crippen molar-refractivity contribution in [3.63, 3.8) is 0 Å². The molecule has 0 bridgehead atoms. The topological polar surface area (TPSA) is 36.9 Å². The zero-order valence-corrected chi connectivity index (χ0v) is 7.33. The predicted octanol–water partition coefficient (Wildman–Crippen LogP) is 1.09. The number of ether oxygens (including phenoxy) is 1. The summed E-state index contributed by atoms with van der Waals surface area (Å²) >= 11 is 0. The van der Waals surface area contributed by atoms with Gasteiger partial charge in [0.1, 0.15) is 5.75 Å². The van der Waals surface area contributed by atoms with Gasteiger partial charge in [-0.3, -0.25) is 0 Å². The summed E-state index contributed by atoms with van der Waals surface area (Å²) in [6.07, 6.45) is 2.24. The first kappa shape index (κ1) is 9.07. The Labute approximate surface area is 73.3 Å². The molecule has 0 aliphatic heterocycles. The van der Waals surface area contributed by atoms with Crippen LogP contribution in [-0.4, -0.2) is 13.2 Å². The van der Waals surface area contributed by atoms with Crippen molar-refractivity contribution in [2.75, 3.05) is 13.2 Å². The molecular formula is C10H16NO+. The van der Waals surface area contributed by atoms with Gasteiger partial charge >= 0.3 is 0 Å². The van der Waals surface area contributed by atoms with E-state index < -0.39 is 0 Å². The lowest BCUT2D eigenvalue weighted by atomic mass is 10.3. The number of para-hydroxylation sites is 1. The predicted molar refractivity (Wildman–Crippen MR) is 48.9 cm³/mol. The van der Waals surface area contributed by atoms with E-state index in [0.29, 0.717) is 0 Å². The van der Waals surface area contributed by atoms with Crippen molar-refractivity contribution in [3.05, 3.63) is 30.3 Å². The number of unbranched alkanes of at least 4 members (excludes halogenated alkanes) is 1. The molecule has 0 fully saturated rings. The molecule has 0 aliphatic rings. The molecule has 0 heterocycles. The van der Waals surface area contributed by atoms with Crippen molar-refractivity contribution in [1.29, 1.82) is 0 Å². The van der Waals surface area contributed by atoms with Gasteiger partial charge in [-0.15, -0.1) is 0 Å². The maximum Gasteiger partial charge on any atom is 0.119 e. The normalized spacial score (nSPS) is 9.75. The maximum atomic E-state index is 5.48. The third-order valence-electron chi connectivity index (χ3n) is 1.66. The van der Waals surface area contributed by atoms with E-state index in [-0.39, 0.29) is 0 Å². The smallest absolute Gasteiger partial charge is 0.119 e. The van der Waals surface area contributed by atoms with Gasteiger partial charge in [0.2, 0.25) is 0 Å². The fourth-order valence-corrected chi connectivity index (χ4v) is 0.986. The number of quaternary nitrogens is 1. The van der Waals surface area contributed by atoms with Crippen molar-refractivity contribution in [1.82, 2.24) is 0 Å². The molecule has 0 aliphatic carbocycles. The fourth-order valence-electron chi connectivity index (χ4n) is 0.986. The minimum absolute atomic E-state index is 0.805. The first-order valence-electron chi connectivity index (χ1n) is 4.40. The lowest BCUT2D eigenvalue weighted by Gasteiger charge is -2.03. The van der Waals surface area contributed by atoms with E-state index in [0.717, 1.165) is 31.7 Å². The average molecular weight is 166 g/mol. The van der Waals surface area contributed by atoms with Gasteiger partial charge in [-0.1, -0.05) is 18.2 Å².